The summed E-state index contributed by atoms with van der Waals surface area (Å²) in [6.07, 6.45) is 1.63. The summed E-state index contributed by atoms with van der Waals surface area (Å²) in [6.45, 7) is 0. The largest absolute Gasteiger partial charge is 0.469 e. The van der Waals surface area contributed by atoms with Crippen molar-refractivity contribution < 1.29 is 19.2 Å². The third-order valence-electron chi connectivity index (χ3n) is 4.75. The first-order valence-corrected chi connectivity index (χ1v) is 8.55. The first-order valence-electron chi connectivity index (χ1n) is 8.14. The van der Waals surface area contributed by atoms with Crippen molar-refractivity contribution in [2.45, 2.75) is 25.3 Å². The summed E-state index contributed by atoms with van der Waals surface area (Å²) in [6, 6.07) is 5.50. The van der Waals surface area contributed by atoms with Gasteiger partial charge in [-0.15, -0.1) is 0 Å². The Balaban J connectivity index is 1.70. The molecule has 1 aromatic rings. The quantitative estimate of drug-likeness (QED) is 0.351. The number of amides is 1. The second-order valence-corrected chi connectivity index (χ2v) is 6.67. The highest BCUT2D eigenvalue weighted by molar-refractivity contribution is 7.80. The number of nitro benzene ring substituents is 1. The number of hydrazine groups is 1. The van der Waals surface area contributed by atoms with Crippen LogP contribution in [0.15, 0.2) is 24.3 Å². The Bertz CT molecular complexity index is 754. The van der Waals surface area contributed by atoms with Crippen LogP contribution in [0.3, 0.4) is 0 Å². The van der Waals surface area contributed by atoms with Crippen molar-refractivity contribution in [2.24, 2.45) is 11.8 Å². The normalized spacial score (nSPS) is 25.1. The number of nitrogens with one attached hydrogen (secondary N) is 2. The number of nitro groups is 1. The summed E-state index contributed by atoms with van der Waals surface area (Å²) in [7, 11) is 1.36. The molecule has 2 fully saturated rings. The summed E-state index contributed by atoms with van der Waals surface area (Å²) in [4.78, 5) is 34.8. The number of ether oxygens (including phenoxy) is 1. The monoisotopic (exact) mass is 378 g/mol. The van der Waals surface area contributed by atoms with Crippen LogP contribution in [-0.4, -0.2) is 40.1 Å². The van der Waals surface area contributed by atoms with E-state index in [1.165, 1.54) is 36.4 Å². The van der Waals surface area contributed by atoms with Gasteiger partial charge in [0.2, 0.25) is 0 Å². The van der Waals surface area contributed by atoms with E-state index in [2.05, 4.69) is 10.7 Å². The molecule has 3 unspecified atom stereocenters. The van der Waals surface area contributed by atoms with Crippen molar-refractivity contribution >= 4 is 40.6 Å². The van der Waals surface area contributed by atoms with E-state index in [1.807, 2.05) is 0 Å². The molecule has 3 atom stereocenters. The van der Waals surface area contributed by atoms with E-state index in [-0.39, 0.29) is 40.6 Å². The molecule has 1 saturated heterocycles. The van der Waals surface area contributed by atoms with Crippen molar-refractivity contribution in [1.29, 1.82) is 0 Å². The number of benzene rings is 1. The molecular formula is C16H18N4O5S. The molecule has 1 amide bonds. The number of carbonyl (C=O) groups excluding carboxylic acids is 2. The highest BCUT2D eigenvalue weighted by Crippen LogP contribution is 2.33. The lowest BCUT2D eigenvalue weighted by Crippen LogP contribution is -2.63. The SMILES string of the molecule is COC(=O)C1CCC2C(=O)N(Nc3ccc([N+](=O)[O-])cc3)C(=S)NC2C1. The molecular weight excluding hydrogens is 360 g/mol. The van der Waals surface area contributed by atoms with Crippen LogP contribution in [0.4, 0.5) is 11.4 Å². The molecule has 0 aromatic heterocycles. The molecule has 1 aliphatic heterocycles. The molecule has 1 aromatic carbocycles. The highest BCUT2D eigenvalue weighted by atomic mass is 32.1. The minimum atomic E-state index is -0.494. The molecule has 2 aliphatic rings. The minimum Gasteiger partial charge on any atom is -0.469 e. The molecule has 1 heterocycles. The molecule has 0 radical (unpaired) electrons. The van der Waals surface area contributed by atoms with E-state index < -0.39 is 4.92 Å². The Morgan fingerprint density at radius 3 is 2.69 bits per heavy atom. The Morgan fingerprint density at radius 1 is 1.38 bits per heavy atom. The predicted octanol–water partition coefficient (Wildman–Crippen LogP) is 1.60. The van der Waals surface area contributed by atoms with Crippen molar-refractivity contribution in [1.82, 2.24) is 10.3 Å². The standard InChI is InChI=1S/C16H18N4O5S/c1-25-15(22)9-2-7-12-13(8-9)17-16(26)19(14(12)21)18-10-3-5-11(6-4-10)20(23)24/h3-6,9,12-13,18H,2,7-8H2,1H3,(H,17,26). The average molecular weight is 378 g/mol. The molecule has 9 nitrogen and oxygen atoms in total. The lowest BCUT2D eigenvalue weighted by molar-refractivity contribution is -0.384. The highest BCUT2D eigenvalue weighted by Gasteiger charge is 2.44. The number of anilines is 1. The predicted molar refractivity (Wildman–Crippen MR) is 95.9 cm³/mol. The van der Waals surface area contributed by atoms with Crippen LogP contribution in [0.25, 0.3) is 0 Å². The second kappa shape index (κ2) is 7.24. The van der Waals surface area contributed by atoms with Gasteiger partial charge in [-0.25, -0.2) is 0 Å². The van der Waals surface area contributed by atoms with Gasteiger partial charge in [0.25, 0.3) is 11.6 Å². The number of thiocarbonyl (C=S) groups is 1. The Labute approximate surface area is 154 Å². The van der Waals surface area contributed by atoms with E-state index in [4.69, 9.17) is 17.0 Å². The van der Waals surface area contributed by atoms with Gasteiger partial charge in [-0.2, -0.15) is 5.01 Å². The van der Waals surface area contributed by atoms with Crippen molar-refractivity contribution in [3.8, 4) is 0 Å². The van der Waals surface area contributed by atoms with Crippen molar-refractivity contribution in [3.05, 3.63) is 34.4 Å². The molecule has 138 valence electrons. The van der Waals surface area contributed by atoms with E-state index in [0.717, 1.165) is 0 Å². The minimum absolute atomic E-state index is 0.0394. The molecule has 0 spiro atoms. The van der Waals surface area contributed by atoms with Crippen LogP contribution in [0.2, 0.25) is 0 Å². The zero-order valence-corrected chi connectivity index (χ0v) is 14.8. The Hall–Kier alpha value is -2.75. The molecule has 26 heavy (non-hydrogen) atoms. The fourth-order valence-corrected chi connectivity index (χ4v) is 3.68. The number of fused-ring (bicyclic) bond motifs is 1. The van der Waals surface area contributed by atoms with Crippen LogP contribution in [0.1, 0.15) is 19.3 Å². The molecule has 1 saturated carbocycles. The van der Waals surface area contributed by atoms with Crippen LogP contribution >= 0.6 is 12.2 Å². The van der Waals surface area contributed by atoms with Gasteiger partial charge in [-0.3, -0.25) is 25.1 Å². The van der Waals surface area contributed by atoms with E-state index >= 15 is 0 Å². The summed E-state index contributed by atoms with van der Waals surface area (Å²) in [5.74, 6) is -0.984. The van der Waals surface area contributed by atoms with Gasteiger partial charge < -0.3 is 10.1 Å². The number of methoxy groups -OCH3 is 1. The topological polar surface area (TPSA) is 114 Å². The van der Waals surface area contributed by atoms with E-state index in [1.54, 1.807) is 0 Å². The number of nitrogens with zero attached hydrogens (tertiary/aromatic N) is 2. The van der Waals surface area contributed by atoms with Crippen LogP contribution in [0.5, 0.6) is 0 Å². The van der Waals surface area contributed by atoms with Crippen molar-refractivity contribution in [3.63, 3.8) is 0 Å². The molecule has 1 aliphatic carbocycles. The lowest BCUT2D eigenvalue weighted by atomic mass is 9.77. The molecule has 2 N–H and O–H groups in total. The Morgan fingerprint density at radius 2 is 2.08 bits per heavy atom. The number of carbonyl (C=O) groups is 2. The van der Waals surface area contributed by atoms with Gasteiger partial charge in [0.1, 0.15) is 0 Å². The fourth-order valence-electron chi connectivity index (χ4n) is 3.39. The lowest BCUT2D eigenvalue weighted by Gasteiger charge is -2.43. The maximum absolute atomic E-state index is 12.8. The van der Waals surface area contributed by atoms with Gasteiger partial charge in [0.05, 0.1) is 29.6 Å². The van der Waals surface area contributed by atoms with Gasteiger partial charge in [0.15, 0.2) is 5.11 Å². The number of esters is 1. The van der Waals surface area contributed by atoms with Crippen molar-refractivity contribution in [2.75, 3.05) is 12.5 Å². The number of rotatable bonds is 4. The fraction of sp³-hybridized carbons (Fsp3) is 0.438. The molecule has 10 heteroatoms. The maximum Gasteiger partial charge on any atom is 0.308 e. The van der Waals surface area contributed by atoms with E-state index in [0.29, 0.717) is 24.9 Å². The maximum atomic E-state index is 12.8. The number of hydrogen-bond donors (Lipinski definition) is 2. The zero-order chi connectivity index (χ0) is 18.8. The number of non-ortho nitro benzene ring substituents is 1. The van der Waals surface area contributed by atoms with Gasteiger partial charge in [0, 0.05) is 18.2 Å². The zero-order valence-electron chi connectivity index (χ0n) is 14.0. The second-order valence-electron chi connectivity index (χ2n) is 6.29. The Kier molecular flexibility index (Phi) is 5.03. The molecule has 0 bridgehead atoms. The third kappa shape index (κ3) is 3.45. The third-order valence-corrected chi connectivity index (χ3v) is 5.05. The summed E-state index contributed by atoms with van der Waals surface area (Å²) in [5, 5.41) is 15.3. The first-order chi connectivity index (χ1) is 12.4. The van der Waals surface area contributed by atoms with Crippen LogP contribution in [0, 0.1) is 22.0 Å². The first kappa shape index (κ1) is 18.1. The summed E-state index contributed by atoms with van der Waals surface area (Å²) >= 11 is 5.28. The van der Waals surface area contributed by atoms with Gasteiger partial charge in [-0.05, 0) is 43.6 Å². The summed E-state index contributed by atoms with van der Waals surface area (Å²) < 4.78 is 4.79. The molecule has 3 rings (SSSR count). The average Bonchev–Trinajstić information content (AvgIpc) is 2.64. The van der Waals surface area contributed by atoms with Gasteiger partial charge in [-0.1, -0.05) is 0 Å². The van der Waals surface area contributed by atoms with Crippen LogP contribution < -0.4 is 10.7 Å². The summed E-state index contributed by atoms with van der Waals surface area (Å²) in [5.41, 5.74) is 3.36. The number of hydrogen-bond acceptors (Lipinski definition) is 7. The van der Waals surface area contributed by atoms with Crippen LogP contribution in [-0.2, 0) is 14.3 Å². The van der Waals surface area contributed by atoms with E-state index in [9.17, 15) is 19.7 Å². The smallest absolute Gasteiger partial charge is 0.308 e. The van der Waals surface area contributed by atoms with Gasteiger partial charge >= 0.3 is 5.97 Å².